The van der Waals surface area contributed by atoms with Gasteiger partial charge in [-0.05, 0) is 37.5 Å². The van der Waals surface area contributed by atoms with E-state index >= 15 is 0 Å². The number of carbonyl (C=O) groups is 3. The van der Waals surface area contributed by atoms with E-state index in [9.17, 15) is 22.8 Å². The van der Waals surface area contributed by atoms with Gasteiger partial charge in [-0.2, -0.15) is 0 Å². The smallest absolute Gasteiger partial charge is 0.265 e. The van der Waals surface area contributed by atoms with E-state index in [1.54, 1.807) is 25.1 Å². The highest BCUT2D eigenvalue weighted by Gasteiger charge is 2.44. The summed E-state index contributed by atoms with van der Waals surface area (Å²) in [5.41, 5.74) is 0.658. The summed E-state index contributed by atoms with van der Waals surface area (Å²) >= 11 is 1.11. The third-order valence-corrected chi connectivity index (χ3v) is 7.73. The van der Waals surface area contributed by atoms with Gasteiger partial charge in [0.25, 0.3) is 11.8 Å². The monoisotopic (exact) mass is 522 g/mol. The zero-order valence-corrected chi connectivity index (χ0v) is 22.0. The molecular weight excluding hydrogens is 492 g/mol. The second-order valence-corrected chi connectivity index (χ2v) is 11.4. The molecule has 1 aromatic heterocycles. The van der Waals surface area contributed by atoms with Gasteiger partial charge in [-0.3, -0.25) is 19.3 Å². The summed E-state index contributed by atoms with van der Waals surface area (Å²) in [6.07, 6.45) is 2.34. The Morgan fingerprint density at radius 1 is 1.11 bits per heavy atom. The summed E-state index contributed by atoms with van der Waals surface area (Å²) in [6, 6.07) is 3.71. The molecule has 0 bridgehead atoms. The van der Waals surface area contributed by atoms with Crippen molar-refractivity contribution in [1.29, 1.82) is 0 Å². The van der Waals surface area contributed by atoms with E-state index in [0.29, 0.717) is 41.5 Å². The molecule has 1 N–H and O–H groups in total. The maximum atomic E-state index is 13.5. The molecule has 9 nitrogen and oxygen atoms in total. The first-order valence-corrected chi connectivity index (χ1v) is 14.3. The molecule has 0 fully saturated rings. The van der Waals surface area contributed by atoms with Crippen LogP contribution in [0.3, 0.4) is 0 Å². The van der Waals surface area contributed by atoms with E-state index in [4.69, 9.17) is 9.47 Å². The number of nitrogens with one attached hydrogen (secondary N) is 1. The Balaban J connectivity index is 2.03. The van der Waals surface area contributed by atoms with Crippen LogP contribution in [0.4, 0.5) is 5.00 Å². The number of imide groups is 1. The van der Waals surface area contributed by atoms with Crippen molar-refractivity contribution < 1.29 is 32.3 Å². The number of hydrogen-bond acceptors (Lipinski definition) is 8. The summed E-state index contributed by atoms with van der Waals surface area (Å²) in [7, 11) is -2.12. The fourth-order valence-corrected chi connectivity index (χ4v) is 5.94. The maximum Gasteiger partial charge on any atom is 0.265 e. The first kappa shape index (κ1) is 26.7. The van der Waals surface area contributed by atoms with E-state index < -0.39 is 33.4 Å². The number of rotatable bonds is 11. The number of fused-ring (bicyclic) bond motifs is 1. The number of sulfone groups is 1. The molecule has 2 aromatic rings. The zero-order valence-electron chi connectivity index (χ0n) is 20.4. The van der Waals surface area contributed by atoms with E-state index in [1.807, 2.05) is 13.8 Å². The minimum atomic E-state index is -3.60. The summed E-state index contributed by atoms with van der Waals surface area (Å²) in [6.45, 7) is 5.95. The molecule has 11 heteroatoms. The van der Waals surface area contributed by atoms with Crippen molar-refractivity contribution in [2.45, 2.75) is 39.7 Å². The number of nitrogens with zero attached hydrogens (tertiary/aromatic N) is 1. The van der Waals surface area contributed by atoms with E-state index in [1.165, 1.54) is 12.5 Å². The third-order valence-electron chi connectivity index (χ3n) is 5.91. The first-order chi connectivity index (χ1) is 16.6. The molecule has 1 aromatic carbocycles. The van der Waals surface area contributed by atoms with Crippen LogP contribution >= 0.6 is 11.3 Å². The minimum Gasteiger partial charge on any atom is -0.493 e. The number of hydrogen-bond donors (Lipinski definition) is 1. The standard InChI is InChI=1S/C24H30N2O7S2/c1-6-14(7-2)21(27)25-22-20-16(12-34-22)23(28)26(24(20)29)17(13-35(5,30)31)15-9-10-18(32-4)19(11-15)33-8-3/h9-12,14,17H,6-8,13H2,1-5H3,(H,25,27)/t17-/m1/s1. The van der Waals surface area contributed by atoms with Crippen LogP contribution in [-0.2, 0) is 14.6 Å². The van der Waals surface area contributed by atoms with Crippen molar-refractivity contribution in [2.75, 3.05) is 31.0 Å². The van der Waals surface area contributed by atoms with Crippen molar-refractivity contribution in [3.8, 4) is 11.5 Å². The zero-order chi connectivity index (χ0) is 25.9. The van der Waals surface area contributed by atoms with E-state index in [2.05, 4.69) is 5.32 Å². The summed E-state index contributed by atoms with van der Waals surface area (Å²) < 4.78 is 35.6. The number of carbonyl (C=O) groups excluding carboxylic acids is 3. The minimum absolute atomic E-state index is 0.0938. The molecule has 3 amide bonds. The molecule has 0 saturated heterocycles. The molecule has 2 heterocycles. The number of amides is 3. The summed E-state index contributed by atoms with van der Waals surface area (Å²) in [5, 5.41) is 4.60. The van der Waals surface area contributed by atoms with Crippen LogP contribution < -0.4 is 14.8 Å². The fraction of sp³-hybridized carbons (Fsp3) is 0.458. The van der Waals surface area contributed by atoms with E-state index in [0.717, 1.165) is 22.5 Å². The van der Waals surface area contributed by atoms with Crippen LogP contribution in [0, 0.1) is 5.92 Å². The molecule has 1 atom stereocenters. The van der Waals surface area contributed by atoms with Crippen LogP contribution in [-0.4, -0.2) is 56.8 Å². The van der Waals surface area contributed by atoms with Crippen LogP contribution in [0.2, 0.25) is 0 Å². The molecule has 0 spiro atoms. The van der Waals surface area contributed by atoms with Gasteiger partial charge >= 0.3 is 0 Å². The summed E-state index contributed by atoms with van der Waals surface area (Å²) in [4.78, 5) is 40.4. The molecule has 0 saturated carbocycles. The van der Waals surface area contributed by atoms with Crippen molar-refractivity contribution in [3.63, 3.8) is 0 Å². The number of thiophene rings is 1. The molecule has 3 rings (SSSR count). The van der Waals surface area contributed by atoms with E-state index in [-0.39, 0.29) is 23.0 Å². The Hall–Kier alpha value is -2.92. The van der Waals surface area contributed by atoms with Crippen LogP contribution in [0.15, 0.2) is 23.6 Å². The van der Waals surface area contributed by atoms with Gasteiger partial charge in [-0.1, -0.05) is 19.9 Å². The fourth-order valence-electron chi connectivity index (χ4n) is 4.09. The van der Waals surface area contributed by atoms with Gasteiger partial charge in [0.05, 0.1) is 36.6 Å². The predicted molar refractivity (Wildman–Crippen MR) is 134 cm³/mol. The highest BCUT2D eigenvalue weighted by atomic mass is 32.2. The Kier molecular flexibility index (Phi) is 8.22. The molecule has 1 aliphatic rings. The molecule has 190 valence electrons. The highest BCUT2D eigenvalue weighted by Crippen LogP contribution is 2.41. The van der Waals surface area contributed by atoms with Gasteiger partial charge in [0.15, 0.2) is 11.5 Å². The molecule has 35 heavy (non-hydrogen) atoms. The average molecular weight is 523 g/mol. The Labute approximate surface area is 209 Å². The van der Waals surface area contributed by atoms with Crippen molar-refractivity contribution in [2.24, 2.45) is 5.92 Å². The lowest BCUT2D eigenvalue weighted by molar-refractivity contribution is -0.120. The van der Waals surface area contributed by atoms with Gasteiger partial charge in [-0.15, -0.1) is 11.3 Å². The number of anilines is 1. The highest BCUT2D eigenvalue weighted by molar-refractivity contribution is 7.90. The molecular formula is C24H30N2O7S2. The van der Waals surface area contributed by atoms with Crippen LogP contribution in [0.1, 0.15) is 65.9 Å². The first-order valence-electron chi connectivity index (χ1n) is 11.3. The lowest BCUT2D eigenvalue weighted by Crippen LogP contribution is -2.38. The number of benzene rings is 1. The van der Waals surface area contributed by atoms with Gasteiger partial charge in [-0.25, -0.2) is 8.42 Å². The predicted octanol–water partition coefficient (Wildman–Crippen LogP) is 3.91. The molecule has 0 unspecified atom stereocenters. The van der Waals surface area contributed by atoms with Crippen molar-refractivity contribution >= 4 is 43.9 Å². The molecule has 0 aliphatic carbocycles. The summed E-state index contributed by atoms with van der Waals surface area (Å²) in [5.74, 6) is -1.34. The van der Waals surface area contributed by atoms with Gasteiger partial charge < -0.3 is 14.8 Å². The van der Waals surface area contributed by atoms with Gasteiger partial charge in [0.1, 0.15) is 14.8 Å². The van der Waals surface area contributed by atoms with Crippen LogP contribution in [0.25, 0.3) is 0 Å². The maximum absolute atomic E-state index is 13.5. The quantitative estimate of drug-likeness (QED) is 0.444. The molecule has 1 aliphatic heterocycles. The van der Waals surface area contributed by atoms with Crippen LogP contribution in [0.5, 0.6) is 11.5 Å². The average Bonchev–Trinajstić information content (AvgIpc) is 3.32. The van der Waals surface area contributed by atoms with Gasteiger partial charge in [0.2, 0.25) is 5.91 Å². The van der Waals surface area contributed by atoms with Crippen molar-refractivity contribution in [3.05, 3.63) is 40.3 Å². The lowest BCUT2D eigenvalue weighted by Gasteiger charge is -2.27. The SMILES string of the molecule is CCOc1cc([C@@H](CS(C)(=O)=O)N2C(=O)c3csc(NC(=O)C(CC)CC)c3C2=O)ccc1OC. The lowest BCUT2D eigenvalue weighted by atomic mass is 10.0. The topological polar surface area (TPSA) is 119 Å². The Bertz CT molecular complexity index is 1230. The number of ether oxygens (including phenoxy) is 2. The second-order valence-electron chi connectivity index (χ2n) is 8.29. The second kappa shape index (κ2) is 10.8. The largest absolute Gasteiger partial charge is 0.493 e. The Morgan fingerprint density at radius 3 is 2.37 bits per heavy atom. The Morgan fingerprint density at radius 2 is 1.80 bits per heavy atom. The third kappa shape index (κ3) is 5.51. The number of methoxy groups -OCH3 is 1. The molecule has 0 radical (unpaired) electrons. The van der Waals surface area contributed by atoms with Crippen molar-refractivity contribution in [1.82, 2.24) is 4.90 Å². The van der Waals surface area contributed by atoms with Gasteiger partial charge in [0, 0.05) is 17.6 Å². The normalized spacial score (nSPS) is 14.3.